The van der Waals surface area contributed by atoms with Crippen molar-refractivity contribution in [1.82, 2.24) is 20.9 Å². The van der Waals surface area contributed by atoms with E-state index < -0.39 is 22.1 Å². The van der Waals surface area contributed by atoms with Crippen molar-refractivity contribution >= 4 is 54.3 Å². The van der Waals surface area contributed by atoms with Crippen molar-refractivity contribution in [1.29, 1.82) is 0 Å². The van der Waals surface area contributed by atoms with Gasteiger partial charge in [-0.1, -0.05) is 13.8 Å². The molecule has 1 aliphatic rings. The first-order valence-corrected chi connectivity index (χ1v) is 11.8. The molecule has 0 aromatic carbocycles. The lowest BCUT2D eigenvalue weighted by Crippen LogP contribution is -2.53. The molecule has 31 heavy (non-hydrogen) atoms. The molecule has 4 amide bonds. The van der Waals surface area contributed by atoms with Gasteiger partial charge in [-0.3, -0.25) is 19.2 Å². The number of aldehydes is 1. The molecular formula is C20H34N4O5S2. The van der Waals surface area contributed by atoms with E-state index in [1.807, 2.05) is 13.8 Å². The van der Waals surface area contributed by atoms with Gasteiger partial charge in [-0.25, -0.2) is 0 Å². The molecule has 11 heteroatoms. The summed E-state index contributed by atoms with van der Waals surface area (Å²) in [5, 5.41) is 7.42. The van der Waals surface area contributed by atoms with Crippen LogP contribution in [0.25, 0.3) is 0 Å². The zero-order valence-corrected chi connectivity index (χ0v) is 20.3. The lowest BCUT2D eigenvalue weighted by molar-refractivity contribution is -0.131. The lowest BCUT2D eigenvalue weighted by Gasteiger charge is -2.32. The van der Waals surface area contributed by atoms with Crippen molar-refractivity contribution in [2.75, 3.05) is 20.1 Å². The SMILES string of the molecule is CCC1(S)CCC(C)SC(CC=O)C(=O)N(C)CCC(=O)NCC(=O)N[C@@H](C)C(=O)N1. The molecule has 0 saturated carbocycles. The maximum absolute atomic E-state index is 12.8. The Kier molecular flexibility index (Phi) is 11.4. The minimum absolute atomic E-state index is 0.0261. The maximum Gasteiger partial charge on any atom is 0.243 e. The highest BCUT2D eigenvalue weighted by atomic mass is 32.2. The third-order valence-electron chi connectivity index (χ3n) is 5.15. The summed E-state index contributed by atoms with van der Waals surface area (Å²) in [5.74, 6) is -1.46. The van der Waals surface area contributed by atoms with E-state index in [1.165, 1.54) is 16.7 Å². The van der Waals surface area contributed by atoms with E-state index >= 15 is 0 Å². The number of rotatable bonds is 3. The highest BCUT2D eigenvalue weighted by Gasteiger charge is 2.30. The molecule has 9 nitrogen and oxygen atoms in total. The van der Waals surface area contributed by atoms with Gasteiger partial charge < -0.3 is 25.6 Å². The number of amides is 4. The quantitative estimate of drug-likeness (QED) is 0.348. The number of carbonyl (C=O) groups excluding carboxylic acids is 5. The second-order valence-electron chi connectivity index (χ2n) is 7.83. The summed E-state index contributed by atoms with van der Waals surface area (Å²) in [4.78, 5) is 61.2. The van der Waals surface area contributed by atoms with Crippen molar-refractivity contribution in [3.8, 4) is 0 Å². The van der Waals surface area contributed by atoms with Crippen LogP contribution in [-0.4, -0.2) is 76.4 Å². The monoisotopic (exact) mass is 474 g/mol. The Bertz CT molecular complexity index is 678. The number of nitrogens with one attached hydrogen (secondary N) is 3. The minimum atomic E-state index is -0.783. The summed E-state index contributed by atoms with van der Waals surface area (Å²) in [5.41, 5.74) is 0. The van der Waals surface area contributed by atoms with E-state index in [-0.39, 0.29) is 48.9 Å². The highest BCUT2D eigenvalue weighted by Crippen LogP contribution is 2.30. The minimum Gasteiger partial charge on any atom is -0.347 e. The molecule has 0 bridgehead atoms. The molecule has 3 unspecified atom stereocenters. The molecule has 3 N–H and O–H groups in total. The Balaban J connectivity index is 3.02. The third-order valence-corrected chi connectivity index (χ3v) is 7.23. The molecule has 1 fully saturated rings. The van der Waals surface area contributed by atoms with Crippen molar-refractivity contribution < 1.29 is 24.0 Å². The Morgan fingerprint density at radius 2 is 1.90 bits per heavy atom. The van der Waals surface area contributed by atoms with Crippen LogP contribution in [0.5, 0.6) is 0 Å². The van der Waals surface area contributed by atoms with Crippen molar-refractivity contribution in [2.24, 2.45) is 0 Å². The topological polar surface area (TPSA) is 125 Å². The summed E-state index contributed by atoms with van der Waals surface area (Å²) in [7, 11) is 1.59. The van der Waals surface area contributed by atoms with Crippen LogP contribution in [0.2, 0.25) is 0 Å². The first-order valence-electron chi connectivity index (χ1n) is 10.5. The summed E-state index contributed by atoms with van der Waals surface area (Å²) in [6, 6.07) is -0.783. The van der Waals surface area contributed by atoms with Crippen LogP contribution in [-0.2, 0) is 24.0 Å². The molecule has 0 aromatic rings. The number of hydrogen-bond donors (Lipinski definition) is 4. The molecule has 1 rings (SSSR count). The molecule has 0 radical (unpaired) electrons. The average Bonchev–Trinajstić information content (AvgIpc) is 2.73. The average molecular weight is 475 g/mol. The van der Waals surface area contributed by atoms with E-state index in [0.29, 0.717) is 19.3 Å². The van der Waals surface area contributed by atoms with Gasteiger partial charge in [-0.15, -0.1) is 11.8 Å². The van der Waals surface area contributed by atoms with Crippen molar-refractivity contribution in [3.05, 3.63) is 0 Å². The van der Waals surface area contributed by atoms with Gasteiger partial charge in [-0.2, -0.15) is 12.6 Å². The molecule has 0 aromatic heterocycles. The molecule has 1 heterocycles. The van der Waals surface area contributed by atoms with Crippen LogP contribution < -0.4 is 16.0 Å². The maximum atomic E-state index is 12.8. The number of thiol groups is 1. The van der Waals surface area contributed by atoms with E-state index in [9.17, 15) is 24.0 Å². The zero-order valence-electron chi connectivity index (χ0n) is 18.6. The van der Waals surface area contributed by atoms with E-state index in [2.05, 4.69) is 28.6 Å². The third kappa shape index (κ3) is 9.51. The van der Waals surface area contributed by atoms with Crippen molar-refractivity contribution in [3.63, 3.8) is 0 Å². The van der Waals surface area contributed by atoms with E-state index in [4.69, 9.17) is 0 Å². The Hall–Kier alpha value is -1.75. The van der Waals surface area contributed by atoms with Gasteiger partial charge >= 0.3 is 0 Å². The summed E-state index contributed by atoms with van der Waals surface area (Å²) >= 11 is 6.07. The zero-order chi connectivity index (χ0) is 23.6. The van der Waals surface area contributed by atoms with Gasteiger partial charge in [0, 0.05) is 31.7 Å². The number of carbonyl (C=O) groups is 5. The van der Waals surface area contributed by atoms with Gasteiger partial charge in [0.15, 0.2) is 0 Å². The molecule has 0 aliphatic carbocycles. The van der Waals surface area contributed by atoms with Gasteiger partial charge in [0.1, 0.15) is 12.3 Å². The predicted octanol–water partition coefficient (Wildman–Crippen LogP) is 0.481. The normalized spacial score (nSPS) is 30.5. The number of nitrogens with zero attached hydrogens (tertiary/aromatic N) is 1. The fraction of sp³-hybridized carbons (Fsp3) is 0.750. The van der Waals surface area contributed by atoms with Crippen LogP contribution >= 0.6 is 24.4 Å². The van der Waals surface area contributed by atoms with Crippen LogP contribution in [0.4, 0.5) is 0 Å². The van der Waals surface area contributed by atoms with Gasteiger partial charge in [-0.05, 0) is 26.2 Å². The molecule has 4 atom stereocenters. The number of thioether (sulfide) groups is 1. The summed E-state index contributed by atoms with van der Waals surface area (Å²) in [6.07, 6.45) is 2.62. The second kappa shape index (κ2) is 12.9. The Morgan fingerprint density at radius 1 is 1.23 bits per heavy atom. The first kappa shape index (κ1) is 27.3. The second-order valence-corrected chi connectivity index (χ2v) is 10.3. The van der Waals surface area contributed by atoms with Gasteiger partial charge in [0.25, 0.3) is 0 Å². The van der Waals surface area contributed by atoms with Crippen LogP contribution in [0.1, 0.15) is 52.9 Å². The van der Waals surface area contributed by atoms with Crippen molar-refractivity contribution in [2.45, 2.75) is 74.3 Å². The first-order chi connectivity index (χ1) is 14.5. The molecular weight excluding hydrogens is 440 g/mol. The highest BCUT2D eigenvalue weighted by molar-refractivity contribution is 8.01. The van der Waals surface area contributed by atoms with Gasteiger partial charge in [0.2, 0.25) is 23.6 Å². The predicted molar refractivity (Wildman–Crippen MR) is 124 cm³/mol. The lowest BCUT2D eigenvalue weighted by atomic mass is 10.1. The smallest absolute Gasteiger partial charge is 0.243 e. The fourth-order valence-corrected chi connectivity index (χ4v) is 4.55. The Morgan fingerprint density at radius 3 is 2.52 bits per heavy atom. The summed E-state index contributed by atoms with van der Waals surface area (Å²) in [6.45, 7) is 5.35. The van der Waals surface area contributed by atoms with Crippen LogP contribution in [0, 0.1) is 0 Å². The van der Waals surface area contributed by atoms with Crippen LogP contribution in [0.15, 0.2) is 0 Å². The molecule has 1 aliphatic heterocycles. The molecule has 0 spiro atoms. The Labute approximate surface area is 193 Å². The van der Waals surface area contributed by atoms with E-state index in [1.54, 1.807) is 14.0 Å². The number of hydrogen-bond acceptors (Lipinski definition) is 7. The molecule has 176 valence electrons. The van der Waals surface area contributed by atoms with E-state index in [0.717, 1.165) is 6.29 Å². The van der Waals surface area contributed by atoms with Gasteiger partial charge in [0.05, 0.1) is 16.7 Å². The largest absolute Gasteiger partial charge is 0.347 e. The fourth-order valence-electron chi connectivity index (χ4n) is 3.01. The standard InChI is InChI=1S/C20H34N4O5S2/c1-5-20(30)9-6-13(2)31-15(8-11-25)19(29)24(4)10-7-16(26)21-12-17(27)22-14(3)18(28)23-20/h11,13-15,30H,5-10,12H2,1-4H3,(H,21,26)(H,22,27)(H,23,28)/t13?,14-,15?,20?/m0/s1. The molecule has 1 saturated heterocycles. The summed E-state index contributed by atoms with van der Waals surface area (Å²) < 4.78 is 0. The van der Waals surface area contributed by atoms with Crippen LogP contribution in [0.3, 0.4) is 0 Å².